The molecule has 1 fully saturated rings. The van der Waals surface area contributed by atoms with Crippen LogP contribution >= 0.6 is 11.8 Å². The van der Waals surface area contributed by atoms with E-state index in [-0.39, 0.29) is 11.8 Å². The summed E-state index contributed by atoms with van der Waals surface area (Å²) in [5, 5.41) is 2.93. The Hall–Kier alpha value is -2.21. The highest BCUT2D eigenvalue weighted by molar-refractivity contribution is 7.98. The molecule has 5 nitrogen and oxygen atoms in total. The number of hydrogen-bond donors (Lipinski definition) is 1. The summed E-state index contributed by atoms with van der Waals surface area (Å²) in [6.07, 6.45) is 5.10. The number of nitrogens with zero attached hydrogens (tertiary/aromatic N) is 1. The highest BCUT2D eigenvalue weighted by Crippen LogP contribution is 2.24. The fraction of sp³-hybridized carbons (Fsp3) is 0.400. The molecule has 0 spiro atoms. The molecule has 2 aromatic rings. The van der Waals surface area contributed by atoms with Crippen LogP contribution in [-0.2, 0) is 0 Å². The average Bonchev–Trinajstić information content (AvgIpc) is 3.37. The highest BCUT2D eigenvalue weighted by atomic mass is 32.2. The van der Waals surface area contributed by atoms with E-state index in [9.17, 15) is 9.59 Å². The van der Waals surface area contributed by atoms with Gasteiger partial charge in [0.15, 0.2) is 5.76 Å². The Balaban J connectivity index is 1.68. The van der Waals surface area contributed by atoms with Gasteiger partial charge in [-0.05, 0) is 55.5 Å². The fourth-order valence-corrected chi connectivity index (χ4v) is 3.45. The molecule has 1 aliphatic heterocycles. The van der Waals surface area contributed by atoms with Crippen LogP contribution in [-0.4, -0.2) is 48.4 Å². The lowest BCUT2D eigenvalue weighted by Gasteiger charge is -2.12. The average molecular weight is 372 g/mol. The van der Waals surface area contributed by atoms with Crippen LogP contribution < -0.4 is 5.32 Å². The van der Waals surface area contributed by atoms with E-state index in [4.69, 9.17) is 4.42 Å². The molecule has 1 aromatic carbocycles. The number of thioether (sulfide) groups is 1. The third kappa shape index (κ3) is 4.49. The van der Waals surface area contributed by atoms with Crippen LogP contribution in [0.15, 0.2) is 40.8 Å². The van der Waals surface area contributed by atoms with Gasteiger partial charge in [-0.1, -0.05) is 12.1 Å². The van der Waals surface area contributed by atoms with E-state index >= 15 is 0 Å². The Kier molecular flexibility index (Phi) is 6.39. The third-order valence-electron chi connectivity index (χ3n) is 4.43. The first-order valence-electron chi connectivity index (χ1n) is 8.96. The summed E-state index contributed by atoms with van der Waals surface area (Å²) in [5.41, 5.74) is 1.39. The normalized spacial score (nSPS) is 13.8. The molecule has 0 saturated carbocycles. The van der Waals surface area contributed by atoms with Crippen LogP contribution in [0.5, 0.6) is 0 Å². The van der Waals surface area contributed by atoms with Crippen molar-refractivity contribution in [3.05, 3.63) is 47.7 Å². The number of carbonyl (C=O) groups is 2. The first-order valence-corrected chi connectivity index (χ1v) is 10.3. The minimum Gasteiger partial charge on any atom is -0.451 e. The van der Waals surface area contributed by atoms with Gasteiger partial charge in [0.1, 0.15) is 5.76 Å². The summed E-state index contributed by atoms with van der Waals surface area (Å²) in [4.78, 5) is 26.5. The molecule has 0 aliphatic carbocycles. The summed E-state index contributed by atoms with van der Waals surface area (Å²) in [6, 6.07) is 10.8. The fourth-order valence-electron chi connectivity index (χ4n) is 3.02. The Morgan fingerprint density at radius 1 is 1.19 bits per heavy atom. The van der Waals surface area contributed by atoms with Crippen LogP contribution in [0.4, 0.5) is 0 Å². The van der Waals surface area contributed by atoms with Crippen molar-refractivity contribution in [2.45, 2.75) is 19.3 Å². The van der Waals surface area contributed by atoms with Crippen molar-refractivity contribution in [3.63, 3.8) is 0 Å². The molecule has 2 amide bonds. The van der Waals surface area contributed by atoms with Gasteiger partial charge in [0, 0.05) is 30.8 Å². The van der Waals surface area contributed by atoms with Gasteiger partial charge < -0.3 is 14.6 Å². The van der Waals surface area contributed by atoms with E-state index in [0.29, 0.717) is 23.6 Å². The van der Waals surface area contributed by atoms with Crippen LogP contribution in [0.1, 0.15) is 40.2 Å². The van der Waals surface area contributed by atoms with Crippen LogP contribution in [0, 0.1) is 0 Å². The third-order valence-corrected chi connectivity index (χ3v) is 5.13. The molecule has 1 aliphatic rings. The zero-order chi connectivity index (χ0) is 18.4. The number of nitrogens with one attached hydrogen (secondary N) is 1. The first kappa shape index (κ1) is 18.6. The smallest absolute Gasteiger partial charge is 0.289 e. The second-order valence-electron chi connectivity index (χ2n) is 6.35. The maximum atomic E-state index is 12.4. The van der Waals surface area contributed by atoms with E-state index in [2.05, 4.69) is 11.6 Å². The zero-order valence-electron chi connectivity index (χ0n) is 15.0. The predicted molar refractivity (Wildman–Crippen MR) is 105 cm³/mol. The van der Waals surface area contributed by atoms with Gasteiger partial charge in [-0.15, -0.1) is 0 Å². The van der Waals surface area contributed by atoms with E-state index in [1.165, 1.54) is 0 Å². The molecule has 3 rings (SSSR count). The van der Waals surface area contributed by atoms with Crippen LogP contribution in [0.2, 0.25) is 0 Å². The Bertz CT molecular complexity index is 766. The SMILES string of the molecule is CSCCCNC(=O)c1cccc(-c2ccc(C(=O)N3CCCC3)o2)c1. The van der Waals surface area contributed by atoms with Crippen molar-refractivity contribution in [1.82, 2.24) is 10.2 Å². The molecule has 0 radical (unpaired) electrons. The van der Waals surface area contributed by atoms with E-state index in [0.717, 1.165) is 43.7 Å². The quantitative estimate of drug-likeness (QED) is 0.754. The Morgan fingerprint density at radius 3 is 2.77 bits per heavy atom. The number of benzene rings is 1. The second-order valence-corrected chi connectivity index (χ2v) is 7.33. The van der Waals surface area contributed by atoms with E-state index in [1.807, 2.05) is 17.0 Å². The maximum Gasteiger partial charge on any atom is 0.289 e. The lowest BCUT2D eigenvalue weighted by atomic mass is 10.1. The number of furan rings is 1. The van der Waals surface area contributed by atoms with Gasteiger partial charge in [0.2, 0.25) is 0 Å². The molecule has 0 atom stereocenters. The summed E-state index contributed by atoms with van der Waals surface area (Å²) >= 11 is 1.77. The standard InChI is InChI=1S/C20H24N2O3S/c1-26-13-5-10-21-19(23)16-7-4-6-15(14-16)17-8-9-18(25-17)20(24)22-11-2-3-12-22/h4,6-9,14H,2-3,5,10-13H2,1H3,(H,21,23). The van der Waals surface area contributed by atoms with Gasteiger partial charge in [-0.3, -0.25) is 9.59 Å². The second kappa shape index (κ2) is 8.94. The summed E-state index contributed by atoms with van der Waals surface area (Å²) < 4.78 is 5.77. The van der Waals surface area contributed by atoms with Crippen molar-refractivity contribution >= 4 is 23.6 Å². The van der Waals surface area contributed by atoms with Crippen molar-refractivity contribution in [2.24, 2.45) is 0 Å². The molecule has 0 unspecified atom stereocenters. The largest absolute Gasteiger partial charge is 0.451 e. The van der Waals surface area contributed by atoms with Gasteiger partial charge in [0.05, 0.1) is 0 Å². The predicted octanol–water partition coefficient (Wildman–Crippen LogP) is 3.67. The molecule has 1 saturated heterocycles. The topological polar surface area (TPSA) is 62.6 Å². The van der Waals surface area contributed by atoms with Crippen molar-refractivity contribution < 1.29 is 14.0 Å². The van der Waals surface area contributed by atoms with Gasteiger partial charge in [0.25, 0.3) is 11.8 Å². The molecule has 2 heterocycles. The van der Waals surface area contributed by atoms with E-state index in [1.54, 1.807) is 36.0 Å². The molecule has 138 valence electrons. The minimum atomic E-state index is -0.0899. The minimum absolute atomic E-state index is 0.0589. The zero-order valence-corrected chi connectivity index (χ0v) is 15.8. The molecule has 1 N–H and O–H groups in total. The van der Waals surface area contributed by atoms with Gasteiger partial charge in [-0.25, -0.2) is 0 Å². The van der Waals surface area contributed by atoms with E-state index < -0.39 is 0 Å². The Labute approximate surface area is 158 Å². The lowest BCUT2D eigenvalue weighted by molar-refractivity contribution is 0.0762. The van der Waals surface area contributed by atoms with Crippen LogP contribution in [0.25, 0.3) is 11.3 Å². The summed E-state index contributed by atoms with van der Waals surface area (Å²) in [5.74, 6) is 1.84. The van der Waals surface area contributed by atoms with Crippen LogP contribution in [0.3, 0.4) is 0 Å². The molecule has 6 heteroatoms. The number of amides is 2. The van der Waals surface area contributed by atoms with Gasteiger partial charge >= 0.3 is 0 Å². The molecular formula is C20H24N2O3S. The molecule has 1 aromatic heterocycles. The maximum absolute atomic E-state index is 12.4. The van der Waals surface area contributed by atoms with Crippen molar-refractivity contribution in [2.75, 3.05) is 31.6 Å². The number of carbonyl (C=O) groups excluding carboxylic acids is 2. The highest BCUT2D eigenvalue weighted by Gasteiger charge is 2.22. The number of likely N-dealkylation sites (tertiary alicyclic amines) is 1. The van der Waals surface area contributed by atoms with Crippen molar-refractivity contribution in [3.8, 4) is 11.3 Å². The molecule has 0 bridgehead atoms. The Morgan fingerprint density at radius 2 is 2.00 bits per heavy atom. The van der Waals surface area contributed by atoms with Gasteiger partial charge in [-0.2, -0.15) is 11.8 Å². The summed E-state index contributed by atoms with van der Waals surface area (Å²) in [7, 11) is 0. The number of hydrogen-bond acceptors (Lipinski definition) is 4. The molecular weight excluding hydrogens is 348 g/mol. The lowest BCUT2D eigenvalue weighted by Crippen LogP contribution is -2.27. The first-order chi connectivity index (χ1) is 12.7. The van der Waals surface area contributed by atoms with Crippen molar-refractivity contribution in [1.29, 1.82) is 0 Å². The summed E-state index contributed by atoms with van der Waals surface area (Å²) in [6.45, 7) is 2.25. The molecule has 26 heavy (non-hydrogen) atoms. The monoisotopic (exact) mass is 372 g/mol. The number of rotatable bonds is 7.